The third-order valence-electron chi connectivity index (χ3n) is 33.4. The number of rotatable bonds is 4. The normalized spacial score (nSPS) is 24.7. The first-order chi connectivity index (χ1) is 51.6. The van der Waals surface area contributed by atoms with Crippen LogP contribution in [0.2, 0.25) is 0 Å². The molecule has 9 bridgehead atoms. The van der Waals surface area contributed by atoms with Gasteiger partial charge in [-0.1, -0.05) is 140 Å². The predicted octanol–water partition coefficient (Wildman–Crippen LogP) is 21.4. The van der Waals surface area contributed by atoms with Crippen molar-refractivity contribution in [3.63, 3.8) is 0 Å². The van der Waals surface area contributed by atoms with Gasteiger partial charge < -0.3 is 9.47 Å². The highest BCUT2D eigenvalue weighted by Gasteiger charge is 2.90. The number of benzene rings is 21. The van der Waals surface area contributed by atoms with Gasteiger partial charge in [0.1, 0.15) is 35.7 Å². The maximum Gasteiger partial charge on any atom is 0.353 e. The highest BCUT2D eigenvalue weighted by atomic mass is 16.5. The van der Waals surface area contributed by atoms with Crippen LogP contribution in [0.1, 0.15) is 77.9 Å². The lowest BCUT2D eigenvalue weighted by Gasteiger charge is -2.62. The van der Waals surface area contributed by atoms with Gasteiger partial charge in [0.05, 0.1) is 21.7 Å². The van der Waals surface area contributed by atoms with Crippen molar-refractivity contribution in [2.75, 3.05) is 0 Å². The Hall–Kier alpha value is -12.9. The highest BCUT2D eigenvalue weighted by Crippen LogP contribution is 2.95. The van der Waals surface area contributed by atoms with Crippen LogP contribution in [0.15, 0.2) is 156 Å². The van der Waals surface area contributed by atoms with Gasteiger partial charge in [0, 0.05) is 0 Å². The quantitative estimate of drug-likeness (QED) is 0.130. The van der Waals surface area contributed by atoms with E-state index < -0.39 is 32.7 Å². The largest absolute Gasteiger partial charge is 0.456 e. The van der Waals surface area contributed by atoms with E-state index >= 15 is 9.59 Å². The van der Waals surface area contributed by atoms with Crippen LogP contribution in [-0.2, 0) is 65.0 Å². The summed E-state index contributed by atoms with van der Waals surface area (Å²) in [6, 6.07) is 53.9. The molecule has 4 heterocycles. The van der Waals surface area contributed by atoms with E-state index in [1.54, 1.807) is 0 Å². The lowest BCUT2D eigenvalue weighted by atomic mass is 9.35. The van der Waals surface area contributed by atoms with Crippen LogP contribution >= 0.6 is 0 Å². The van der Waals surface area contributed by atoms with E-state index in [2.05, 4.69) is 140 Å². The minimum absolute atomic E-state index is 0.00152. The molecule has 0 radical (unpaired) electrons. The van der Waals surface area contributed by atoms with E-state index in [-0.39, 0.29) is 25.2 Å². The van der Waals surface area contributed by atoms with E-state index in [0.717, 1.165) is 33.4 Å². The Kier molecular flexibility index (Phi) is 4.84. The molecular formula is C98H28N2O4. The summed E-state index contributed by atoms with van der Waals surface area (Å²) in [5.74, 6) is -0.753. The molecule has 4 atom stereocenters. The highest BCUT2D eigenvalue weighted by molar-refractivity contribution is 6.80. The zero-order valence-electron chi connectivity index (χ0n) is 53.8. The molecule has 454 valence electrons. The van der Waals surface area contributed by atoms with Crippen LogP contribution < -0.4 is 0 Å². The Labute approximate surface area is 577 Å². The van der Waals surface area contributed by atoms with Crippen LogP contribution in [0.5, 0.6) is 0 Å². The molecule has 29 aromatic carbocycles. The SMILES string of the molecule is O=C1OCc2cccc(c2)COC(=O)C2=NC(c3ccccc3)(c3ccccc3)C34C5=C6c7c8c9c%10c(c%11c%12c3c3c5c5c%13c%14c%15c%16c%17c(c7c7c9c9c%18c%10c%10c%11c%11c%12c%12c3c%13c3c%13c%14c%14c%16c%16c%17c7c9c7c%16c9c%14c%13c%13c(c%123)c%11c3c%10c%18c7c9c3%13)C63C1=NC(c1ccccc1)(c1ccccc1)C5%153)C284. The lowest BCUT2D eigenvalue weighted by molar-refractivity contribution is -0.137. The van der Waals surface area contributed by atoms with Gasteiger partial charge in [0.15, 0.2) is 0 Å². The molecule has 41 rings (SSSR count). The molecule has 4 aliphatic heterocycles. The van der Waals surface area contributed by atoms with E-state index in [0.29, 0.717) is 11.4 Å². The average molecular weight is 1300 g/mol. The van der Waals surface area contributed by atoms with Crippen molar-refractivity contribution >= 4 is 282 Å². The first kappa shape index (κ1) is 44.4. The van der Waals surface area contributed by atoms with E-state index in [4.69, 9.17) is 19.5 Å². The zero-order chi connectivity index (χ0) is 64.3. The fourth-order valence-corrected chi connectivity index (χ4v) is 32.6. The third-order valence-corrected chi connectivity index (χ3v) is 33.4. The van der Waals surface area contributed by atoms with Gasteiger partial charge in [-0.3, -0.25) is 9.98 Å². The molecule has 4 spiro atoms. The molecule has 0 amide bonds. The van der Waals surface area contributed by atoms with Crippen molar-refractivity contribution in [2.24, 2.45) is 9.98 Å². The van der Waals surface area contributed by atoms with Crippen LogP contribution in [0, 0.1) is 0 Å². The van der Waals surface area contributed by atoms with E-state index in [9.17, 15) is 0 Å². The molecule has 6 heteroatoms. The first-order valence-corrected chi connectivity index (χ1v) is 37.5. The molecule has 0 fully saturated rings. The molecule has 0 N–H and O–H groups in total. The number of ether oxygens (including phenoxy) is 2. The van der Waals surface area contributed by atoms with Crippen LogP contribution in [-0.4, -0.2) is 23.4 Å². The van der Waals surface area contributed by atoms with Gasteiger partial charge in [-0.25, -0.2) is 9.59 Å². The van der Waals surface area contributed by atoms with Gasteiger partial charge in [-0.05, 0) is 343 Å². The number of fused-ring (bicyclic) bond motifs is 4. The standard InChI is InChI=1S/C98H28N2O4/c101-91-89-93-81-69-59-49-41-35-33-34-36-40-43-37(34)45(41)53(59)60-54(43)64-58-48(40)52-50-42(36)46-38(33)44-39(35)47-51(49)65-67-56(47)61-55(44)63-57(46)62(50)75-76-66(52)68(58)78-80-86(76)95-84(75)73(63)72(61)82-77(67)79(83(93)70(65)69)87(88(80)96(93,85(78)74(64)71(60)81)98(99-89,31-20-9-3-10-21-31)32-22-11-4-12-23-32)94(82,95)90(92(102)104-26-28-15-13-14-27(24-28)25-103-91)100-97(95,29-16-5-1-6-17-29)30-18-7-2-8-19-30/h1-24H,25-26H2. The second-order valence-electron chi connectivity index (χ2n) is 34.8. The Morgan fingerprint density at radius 3 is 0.885 bits per heavy atom. The summed E-state index contributed by atoms with van der Waals surface area (Å²) in [5.41, 5.74) is 11.6. The molecule has 8 aliphatic carbocycles. The minimum Gasteiger partial charge on any atom is -0.456 e. The number of allylic oxidation sites excluding steroid dienone is 1. The molecule has 12 aliphatic rings. The summed E-state index contributed by atoms with van der Waals surface area (Å²) < 4.78 is 14.8. The molecule has 0 saturated carbocycles. The maximum absolute atomic E-state index is 18.3. The second-order valence-corrected chi connectivity index (χ2v) is 34.8. The molecule has 6 nitrogen and oxygen atoms in total. The molecule has 104 heavy (non-hydrogen) atoms. The van der Waals surface area contributed by atoms with E-state index in [1.807, 2.05) is 6.07 Å². The van der Waals surface area contributed by atoms with Crippen molar-refractivity contribution in [1.82, 2.24) is 0 Å². The van der Waals surface area contributed by atoms with Crippen LogP contribution in [0.4, 0.5) is 0 Å². The fraction of sp³-hybridized carbons (Fsp3) is 0.0816. The summed E-state index contributed by atoms with van der Waals surface area (Å²) in [7, 11) is 0. The topological polar surface area (TPSA) is 77.3 Å². The molecule has 4 unspecified atom stereocenters. The van der Waals surface area contributed by atoms with Gasteiger partial charge in [-0.15, -0.1) is 0 Å². The third kappa shape index (κ3) is 2.80. The summed E-state index contributed by atoms with van der Waals surface area (Å²) in [4.78, 5) is 50.4. The predicted molar refractivity (Wildman–Crippen MR) is 415 cm³/mol. The number of hydrogen-bond donors (Lipinski definition) is 0. The average Bonchev–Trinajstić information content (AvgIpc) is 1.36. The smallest absolute Gasteiger partial charge is 0.353 e. The van der Waals surface area contributed by atoms with Crippen molar-refractivity contribution in [3.05, 3.63) is 223 Å². The summed E-state index contributed by atoms with van der Waals surface area (Å²) in [6.07, 6.45) is 0. The molecule has 0 saturated heterocycles. The Bertz CT molecular complexity index is 9600. The molecule has 0 aromatic heterocycles. The van der Waals surface area contributed by atoms with Gasteiger partial charge in [-0.2, -0.15) is 0 Å². The number of hydrogen-bond acceptors (Lipinski definition) is 6. The Balaban J connectivity index is 0.960. The van der Waals surface area contributed by atoms with Crippen molar-refractivity contribution in [3.8, 4) is 0 Å². The van der Waals surface area contributed by atoms with Gasteiger partial charge in [0.2, 0.25) is 0 Å². The van der Waals surface area contributed by atoms with E-state index in [1.165, 1.54) is 303 Å². The van der Waals surface area contributed by atoms with Gasteiger partial charge in [0.25, 0.3) is 0 Å². The molecule has 29 aromatic rings. The van der Waals surface area contributed by atoms with Crippen molar-refractivity contribution in [1.29, 1.82) is 0 Å². The molecular weight excluding hydrogens is 1270 g/mol. The minimum atomic E-state index is -1.40. The number of nitrogens with zero attached hydrogens (tertiary/aromatic N) is 2. The van der Waals surface area contributed by atoms with Gasteiger partial charge >= 0.3 is 11.9 Å². The number of carbonyl (C=O) groups excluding carboxylic acids is 2. The Morgan fingerprint density at radius 2 is 0.510 bits per heavy atom. The summed E-state index contributed by atoms with van der Waals surface area (Å²) >= 11 is 0. The van der Waals surface area contributed by atoms with Crippen LogP contribution in [0.25, 0.3) is 259 Å². The number of esters is 2. The van der Waals surface area contributed by atoms with Crippen LogP contribution in [0.3, 0.4) is 0 Å². The number of carbonyl (C=O) groups is 2. The lowest BCUT2D eigenvalue weighted by Crippen LogP contribution is -2.66. The van der Waals surface area contributed by atoms with Crippen molar-refractivity contribution in [2.45, 2.75) is 46.0 Å². The fourth-order valence-electron chi connectivity index (χ4n) is 32.6. The second kappa shape index (κ2) is 11.3. The Morgan fingerprint density at radius 1 is 0.240 bits per heavy atom. The summed E-state index contributed by atoms with van der Waals surface area (Å²) in [6.45, 7) is 0.000128. The first-order valence-electron chi connectivity index (χ1n) is 37.5. The maximum atomic E-state index is 18.3. The number of aliphatic imine (C=N–C) groups is 2. The monoisotopic (exact) mass is 1300 g/mol. The zero-order valence-corrected chi connectivity index (χ0v) is 53.8. The van der Waals surface area contributed by atoms with Crippen molar-refractivity contribution < 1.29 is 19.1 Å². The summed E-state index contributed by atoms with van der Waals surface area (Å²) in [5, 5.41) is 65.5.